The van der Waals surface area contributed by atoms with Crippen molar-refractivity contribution in [3.8, 4) is 17.1 Å². The van der Waals surface area contributed by atoms with E-state index in [1.807, 2.05) is 37.3 Å². The monoisotopic (exact) mass is 364 g/mol. The molecular weight excluding hydrogens is 344 g/mol. The number of aromatic nitrogens is 3. The first kappa shape index (κ1) is 17.2. The lowest BCUT2D eigenvalue weighted by atomic mass is 10.2. The molecule has 4 rings (SSSR count). The quantitative estimate of drug-likeness (QED) is 0.705. The zero-order chi connectivity index (χ0) is 18.8. The molecule has 1 amide bonds. The van der Waals surface area contributed by atoms with Crippen LogP contribution >= 0.6 is 0 Å². The van der Waals surface area contributed by atoms with Crippen LogP contribution in [0.25, 0.3) is 11.4 Å². The van der Waals surface area contributed by atoms with Crippen LogP contribution in [0.15, 0.2) is 47.1 Å². The summed E-state index contributed by atoms with van der Waals surface area (Å²) in [5.74, 6) is 1.67. The van der Waals surface area contributed by atoms with Crippen LogP contribution < -0.4 is 4.74 Å². The second kappa shape index (κ2) is 7.19. The Morgan fingerprint density at radius 1 is 1.22 bits per heavy atom. The van der Waals surface area contributed by atoms with Gasteiger partial charge in [-0.15, -0.1) is 0 Å². The zero-order valence-electron chi connectivity index (χ0n) is 15.3. The normalized spacial score (nSPS) is 16.5. The summed E-state index contributed by atoms with van der Waals surface area (Å²) < 4.78 is 10.7. The van der Waals surface area contributed by atoms with E-state index in [4.69, 9.17) is 9.26 Å². The number of nitrogens with zero attached hydrogens (tertiary/aromatic N) is 4. The predicted octanol–water partition coefficient (Wildman–Crippen LogP) is 3.43. The third-order valence-electron chi connectivity index (χ3n) is 4.75. The van der Waals surface area contributed by atoms with Crippen molar-refractivity contribution >= 4 is 5.91 Å². The van der Waals surface area contributed by atoms with E-state index < -0.39 is 0 Å². The van der Waals surface area contributed by atoms with E-state index in [-0.39, 0.29) is 11.9 Å². The molecule has 3 aromatic rings. The highest BCUT2D eigenvalue weighted by molar-refractivity contribution is 5.94. The Kier molecular flexibility index (Phi) is 4.58. The van der Waals surface area contributed by atoms with E-state index in [1.54, 1.807) is 24.3 Å². The highest BCUT2D eigenvalue weighted by atomic mass is 16.5. The molecular formula is C20H20N4O3. The number of carbonyl (C=O) groups excluding carboxylic acids is 1. The fourth-order valence-electron chi connectivity index (χ4n) is 3.25. The number of rotatable bonds is 4. The van der Waals surface area contributed by atoms with Crippen LogP contribution in [0.3, 0.4) is 0 Å². The van der Waals surface area contributed by atoms with Gasteiger partial charge in [0.05, 0.1) is 12.7 Å². The summed E-state index contributed by atoms with van der Waals surface area (Å²) in [4.78, 5) is 23.4. The van der Waals surface area contributed by atoms with E-state index in [2.05, 4.69) is 15.1 Å². The van der Waals surface area contributed by atoms with Gasteiger partial charge in [-0.1, -0.05) is 5.16 Å². The molecule has 1 saturated heterocycles. The standard InChI is InChI=1S/C20H20N4O3/c1-13-5-6-15(12-21-13)20(25)24-11-3-4-17(24)19-22-18(23-27-19)14-7-9-16(26-2)10-8-14/h5-10,12,17H,3-4,11H2,1-2H3. The molecule has 1 fully saturated rings. The van der Waals surface area contributed by atoms with Crippen LogP contribution in [0.4, 0.5) is 0 Å². The molecule has 0 bridgehead atoms. The molecule has 1 unspecified atom stereocenters. The van der Waals surface area contributed by atoms with Gasteiger partial charge in [0.1, 0.15) is 11.8 Å². The molecule has 1 aliphatic rings. The van der Waals surface area contributed by atoms with Crippen LogP contribution in [0.2, 0.25) is 0 Å². The maximum atomic E-state index is 12.9. The maximum absolute atomic E-state index is 12.9. The lowest BCUT2D eigenvalue weighted by molar-refractivity contribution is 0.0709. The molecule has 0 spiro atoms. The number of hydrogen-bond acceptors (Lipinski definition) is 6. The van der Waals surface area contributed by atoms with Gasteiger partial charge in [0, 0.05) is 24.0 Å². The summed E-state index contributed by atoms with van der Waals surface area (Å²) in [6, 6.07) is 10.9. The van der Waals surface area contributed by atoms with Crippen LogP contribution in [0.1, 0.15) is 40.8 Å². The molecule has 1 atom stereocenters. The maximum Gasteiger partial charge on any atom is 0.256 e. The van der Waals surface area contributed by atoms with Gasteiger partial charge in [-0.25, -0.2) is 0 Å². The van der Waals surface area contributed by atoms with E-state index in [0.29, 0.717) is 23.8 Å². The molecule has 27 heavy (non-hydrogen) atoms. The summed E-state index contributed by atoms with van der Waals surface area (Å²) in [7, 11) is 1.62. The van der Waals surface area contributed by atoms with Gasteiger partial charge in [0.15, 0.2) is 0 Å². The molecule has 2 aromatic heterocycles. The first-order chi connectivity index (χ1) is 13.2. The van der Waals surface area contributed by atoms with Crippen molar-refractivity contribution in [1.82, 2.24) is 20.0 Å². The number of benzene rings is 1. The van der Waals surface area contributed by atoms with Gasteiger partial charge in [0.25, 0.3) is 5.91 Å². The van der Waals surface area contributed by atoms with Gasteiger partial charge in [-0.05, 0) is 56.2 Å². The average molecular weight is 364 g/mol. The molecule has 1 aliphatic heterocycles. The van der Waals surface area contributed by atoms with Gasteiger partial charge in [-0.2, -0.15) is 4.98 Å². The van der Waals surface area contributed by atoms with Crippen LogP contribution in [-0.2, 0) is 0 Å². The fourth-order valence-corrected chi connectivity index (χ4v) is 3.25. The van der Waals surface area contributed by atoms with Gasteiger partial charge in [-0.3, -0.25) is 9.78 Å². The van der Waals surface area contributed by atoms with Crippen molar-refractivity contribution in [1.29, 1.82) is 0 Å². The topological polar surface area (TPSA) is 81.4 Å². The Balaban J connectivity index is 1.56. The molecule has 3 heterocycles. The Bertz CT molecular complexity index is 935. The highest BCUT2D eigenvalue weighted by Gasteiger charge is 2.34. The van der Waals surface area contributed by atoms with Crippen molar-refractivity contribution in [3.63, 3.8) is 0 Å². The first-order valence-corrected chi connectivity index (χ1v) is 8.87. The molecule has 0 aliphatic carbocycles. The molecule has 7 heteroatoms. The molecule has 1 aromatic carbocycles. The Hall–Kier alpha value is -3.22. The van der Waals surface area contributed by atoms with Crippen molar-refractivity contribution in [3.05, 3.63) is 59.7 Å². The van der Waals surface area contributed by atoms with Gasteiger partial charge in [0.2, 0.25) is 11.7 Å². The van der Waals surface area contributed by atoms with Gasteiger partial charge < -0.3 is 14.2 Å². The summed E-state index contributed by atoms with van der Waals surface area (Å²) in [6.45, 7) is 2.56. The number of pyridine rings is 1. The predicted molar refractivity (Wildman–Crippen MR) is 98.3 cm³/mol. The molecule has 0 radical (unpaired) electrons. The minimum Gasteiger partial charge on any atom is -0.497 e. The number of carbonyl (C=O) groups is 1. The average Bonchev–Trinajstić information content (AvgIpc) is 3.37. The summed E-state index contributed by atoms with van der Waals surface area (Å²) in [5.41, 5.74) is 2.29. The third kappa shape index (κ3) is 3.40. The van der Waals surface area contributed by atoms with E-state index in [1.165, 1.54) is 0 Å². The van der Waals surface area contributed by atoms with Crippen LogP contribution in [0, 0.1) is 6.92 Å². The highest BCUT2D eigenvalue weighted by Crippen LogP contribution is 2.33. The van der Waals surface area contributed by atoms with E-state index in [9.17, 15) is 4.79 Å². The molecule has 0 N–H and O–H groups in total. The van der Waals surface area contributed by atoms with Crippen molar-refractivity contribution < 1.29 is 14.1 Å². The minimum absolute atomic E-state index is 0.0609. The Morgan fingerprint density at radius 2 is 2.04 bits per heavy atom. The second-order valence-electron chi connectivity index (χ2n) is 6.53. The van der Waals surface area contributed by atoms with E-state index >= 15 is 0 Å². The molecule has 0 saturated carbocycles. The largest absolute Gasteiger partial charge is 0.497 e. The number of aryl methyl sites for hydroxylation is 1. The summed E-state index contributed by atoms with van der Waals surface area (Å²) in [5, 5.41) is 4.09. The lowest BCUT2D eigenvalue weighted by Crippen LogP contribution is -2.30. The number of amides is 1. The van der Waals surface area contributed by atoms with Gasteiger partial charge >= 0.3 is 0 Å². The number of methoxy groups -OCH3 is 1. The zero-order valence-corrected chi connectivity index (χ0v) is 15.3. The second-order valence-corrected chi connectivity index (χ2v) is 6.53. The Morgan fingerprint density at radius 3 is 2.74 bits per heavy atom. The smallest absolute Gasteiger partial charge is 0.256 e. The summed E-state index contributed by atoms with van der Waals surface area (Å²) >= 11 is 0. The SMILES string of the molecule is COc1ccc(-c2noc(C3CCCN3C(=O)c3ccc(C)nc3)n2)cc1. The van der Waals surface area contributed by atoms with Crippen LogP contribution in [-0.4, -0.2) is 39.6 Å². The molecule has 7 nitrogen and oxygen atoms in total. The molecule has 138 valence electrons. The Labute approximate surface area is 157 Å². The summed E-state index contributed by atoms with van der Waals surface area (Å²) in [6.07, 6.45) is 3.31. The van der Waals surface area contributed by atoms with Crippen molar-refractivity contribution in [2.75, 3.05) is 13.7 Å². The number of ether oxygens (including phenoxy) is 1. The minimum atomic E-state index is -0.210. The number of hydrogen-bond donors (Lipinski definition) is 0. The van der Waals surface area contributed by atoms with E-state index in [0.717, 1.165) is 29.8 Å². The van der Waals surface area contributed by atoms with Crippen molar-refractivity contribution in [2.24, 2.45) is 0 Å². The fraction of sp³-hybridized carbons (Fsp3) is 0.300. The van der Waals surface area contributed by atoms with Crippen molar-refractivity contribution in [2.45, 2.75) is 25.8 Å². The third-order valence-corrected chi connectivity index (χ3v) is 4.75. The lowest BCUT2D eigenvalue weighted by Gasteiger charge is -2.21. The van der Waals surface area contributed by atoms with Crippen LogP contribution in [0.5, 0.6) is 5.75 Å². The number of likely N-dealkylation sites (tertiary alicyclic amines) is 1. The first-order valence-electron chi connectivity index (χ1n) is 8.87.